The van der Waals surface area contributed by atoms with Crippen LogP contribution in [0.25, 0.3) is 0 Å². The topological polar surface area (TPSA) is 20.2 Å². The average molecular weight is 114 g/mol. The van der Waals surface area contributed by atoms with Gasteiger partial charge >= 0.3 is 0 Å². The molecule has 48 valence electrons. The predicted octanol–water partition coefficient (Wildman–Crippen LogP) is 1.75. The first-order valence-corrected chi connectivity index (χ1v) is 2.56. The van der Waals surface area contributed by atoms with Crippen LogP contribution in [0.1, 0.15) is 13.8 Å². The molecular formula is C7H14O. The highest BCUT2D eigenvalue weighted by molar-refractivity contribution is 4.88. The van der Waals surface area contributed by atoms with Crippen molar-refractivity contribution in [2.75, 3.05) is 0 Å². The van der Waals surface area contributed by atoms with E-state index in [0.717, 1.165) is 0 Å². The second-order valence-electron chi connectivity index (χ2n) is 1.57. The number of rotatable bonds is 1. The summed E-state index contributed by atoms with van der Waals surface area (Å²) in [6.45, 7) is 10.2. The number of allylic oxidation sites excluding steroid dienone is 2. The summed E-state index contributed by atoms with van der Waals surface area (Å²) in [5.74, 6) is 0. The number of hydrogen-bond donors (Lipinski definition) is 1. The first-order valence-electron chi connectivity index (χ1n) is 2.56. The van der Waals surface area contributed by atoms with Crippen LogP contribution in [-0.2, 0) is 0 Å². The van der Waals surface area contributed by atoms with Crippen molar-refractivity contribution in [3.8, 4) is 0 Å². The highest BCUT2D eigenvalue weighted by Gasteiger charge is 1.69. The van der Waals surface area contributed by atoms with E-state index in [0.29, 0.717) is 0 Å². The van der Waals surface area contributed by atoms with Crippen LogP contribution in [-0.4, -0.2) is 11.2 Å². The first kappa shape index (κ1) is 10.4. The Morgan fingerprint density at radius 1 is 1.25 bits per heavy atom. The van der Waals surface area contributed by atoms with Crippen LogP contribution >= 0.6 is 0 Å². The fourth-order valence-electron chi connectivity index (χ4n) is 0. The summed E-state index contributed by atoms with van der Waals surface area (Å²) in [6, 6.07) is 0. The SMILES string of the molecule is C=CC=C.CC(C)O. The van der Waals surface area contributed by atoms with Gasteiger partial charge in [0.25, 0.3) is 0 Å². The van der Waals surface area contributed by atoms with Crippen LogP contribution in [0.4, 0.5) is 0 Å². The average Bonchev–Trinajstić information content (AvgIpc) is 1.65. The maximum atomic E-state index is 8.06. The first-order chi connectivity index (χ1) is 3.65. The normalized spacial score (nSPS) is 7.00. The molecule has 0 aliphatic rings. The molecule has 1 heteroatoms. The maximum Gasteiger partial charge on any atom is 0.0483 e. The van der Waals surface area contributed by atoms with Crippen LogP contribution in [0.15, 0.2) is 25.3 Å². The van der Waals surface area contributed by atoms with E-state index in [1.165, 1.54) is 0 Å². The molecule has 8 heavy (non-hydrogen) atoms. The largest absolute Gasteiger partial charge is 0.394 e. The lowest BCUT2D eigenvalue weighted by Gasteiger charge is -1.80. The zero-order valence-electron chi connectivity index (χ0n) is 5.59. The van der Waals surface area contributed by atoms with Crippen molar-refractivity contribution in [1.29, 1.82) is 0 Å². The van der Waals surface area contributed by atoms with Crippen molar-refractivity contribution in [2.45, 2.75) is 20.0 Å². The van der Waals surface area contributed by atoms with E-state index in [4.69, 9.17) is 5.11 Å². The van der Waals surface area contributed by atoms with E-state index in [2.05, 4.69) is 13.2 Å². The number of hydrogen-bond acceptors (Lipinski definition) is 1. The van der Waals surface area contributed by atoms with E-state index in [9.17, 15) is 0 Å². The Kier molecular flexibility index (Phi) is 12.6. The Labute approximate surface area is 51.3 Å². The molecule has 1 N–H and O–H groups in total. The predicted molar refractivity (Wildman–Crippen MR) is 37.7 cm³/mol. The summed E-state index contributed by atoms with van der Waals surface area (Å²) < 4.78 is 0. The minimum atomic E-state index is -0.167. The molecule has 0 aromatic carbocycles. The summed E-state index contributed by atoms with van der Waals surface area (Å²) in [7, 11) is 0. The molecule has 0 amide bonds. The van der Waals surface area contributed by atoms with E-state index >= 15 is 0 Å². The fourth-order valence-corrected chi connectivity index (χ4v) is 0. The summed E-state index contributed by atoms with van der Waals surface area (Å²) >= 11 is 0. The van der Waals surface area contributed by atoms with E-state index in [1.54, 1.807) is 26.0 Å². The second kappa shape index (κ2) is 9.67. The molecule has 0 unspecified atom stereocenters. The maximum absolute atomic E-state index is 8.06. The molecule has 0 aromatic heterocycles. The molecule has 0 aromatic rings. The van der Waals surface area contributed by atoms with Crippen LogP contribution in [0.2, 0.25) is 0 Å². The van der Waals surface area contributed by atoms with Gasteiger partial charge in [-0.1, -0.05) is 25.3 Å². The van der Waals surface area contributed by atoms with Gasteiger partial charge in [0.05, 0.1) is 0 Å². The Morgan fingerprint density at radius 3 is 1.38 bits per heavy atom. The molecule has 0 atom stereocenters. The van der Waals surface area contributed by atoms with Gasteiger partial charge < -0.3 is 5.11 Å². The van der Waals surface area contributed by atoms with E-state index < -0.39 is 0 Å². The van der Waals surface area contributed by atoms with Gasteiger partial charge in [-0.3, -0.25) is 0 Å². The highest BCUT2D eigenvalue weighted by Crippen LogP contribution is 1.65. The minimum absolute atomic E-state index is 0.167. The van der Waals surface area contributed by atoms with E-state index in [-0.39, 0.29) is 6.10 Å². The molecule has 0 rings (SSSR count). The number of aliphatic hydroxyl groups is 1. The van der Waals surface area contributed by atoms with Gasteiger partial charge in [0.2, 0.25) is 0 Å². The second-order valence-corrected chi connectivity index (χ2v) is 1.57. The Bertz CT molecular complexity index is 46.7. The summed E-state index contributed by atoms with van der Waals surface area (Å²) in [5, 5.41) is 8.06. The Hall–Kier alpha value is -0.560. The fraction of sp³-hybridized carbons (Fsp3) is 0.429. The molecule has 0 saturated heterocycles. The van der Waals surface area contributed by atoms with Crippen LogP contribution in [0.5, 0.6) is 0 Å². The third kappa shape index (κ3) is 554. The zero-order chi connectivity index (χ0) is 6.99. The molecule has 0 saturated carbocycles. The Balaban J connectivity index is 0. The van der Waals surface area contributed by atoms with Gasteiger partial charge in [-0.15, -0.1) is 0 Å². The molecule has 1 nitrogen and oxygen atoms in total. The molecule has 0 radical (unpaired) electrons. The van der Waals surface area contributed by atoms with Crippen LogP contribution < -0.4 is 0 Å². The lowest BCUT2D eigenvalue weighted by atomic mass is 10.5. The monoisotopic (exact) mass is 114 g/mol. The molecule has 0 spiro atoms. The molecule has 0 bridgehead atoms. The van der Waals surface area contributed by atoms with Gasteiger partial charge in [-0.05, 0) is 13.8 Å². The van der Waals surface area contributed by atoms with Gasteiger partial charge in [0, 0.05) is 6.10 Å². The van der Waals surface area contributed by atoms with Crippen molar-refractivity contribution in [3.05, 3.63) is 25.3 Å². The summed E-state index contributed by atoms with van der Waals surface area (Å²) in [5.41, 5.74) is 0. The standard InChI is InChI=1S/C4H6.C3H8O/c1-3-4-2;1-3(2)4/h3-4H,1-2H2;3-4H,1-2H3. The molecule has 0 aliphatic heterocycles. The van der Waals surface area contributed by atoms with Crippen molar-refractivity contribution < 1.29 is 5.11 Å². The third-order valence-corrected chi connectivity index (χ3v) is 0.167. The molecule has 0 fully saturated rings. The molecule has 0 aliphatic carbocycles. The summed E-state index contributed by atoms with van der Waals surface area (Å²) in [6.07, 6.45) is 3.11. The quantitative estimate of drug-likeness (QED) is 0.515. The molecule has 0 heterocycles. The summed E-state index contributed by atoms with van der Waals surface area (Å²) in [4.78, 5) is 0. The highest BCUT2D eigenvalue weighted by atomic mass is 16.3. The molecular weight excluding hydrogens is 100 g/mol. The van der Waals surface area contributed by atoms with Crippen molar-refractivity contribution >= 4 is 0 Å². The van der Waals surface area contributed by atoms with Gasteiger partial charge in [-0.25, -0.2) is 0 Å². The van der Waals surface area contributed by atoms with Gasteiger partial charge in [-0.2, -0.15) is 0 Å². The lowest BCUT2D eigenvalue weighted by Crippen LogP contribution is -1.85. The number of aliphatic hydroxyl groups excluding tert-OH is 1. The van der Waals surface area contributed by atoms with Gasteiger partial charge in [0.1, 0.15) is 0 Å². The van der Waals surface area contributed by atoms with Crippen LogP contribution in [0, 0.1) is 0 Å². The van der Waals surface area contributed by atoms with Crippen molar-refractivity contribution in [3.63, 3.8) is 0 Å². The lowest BCUT2D eigenvalue weighted by molar-refractivity contribution is 0.216. The third-order valence-electron chi connectivity index (χ3n) is 0.167. The zero-order valence-corrected chi connectivity index (χ0v) is 5.59. The van der Waals surface area contributed by atoms with Crippen LogP contribution in [0.3, 0.4) is 0 Å². The smallest absolute Gasteiger partial charge is 0.0483 e. The minimum Gasteiger partial charge on any atom is -0.394 e. The van der Waals surface area contributed by atoms with Crippen molar-refractivity contribution in [2.24, 2.45) is 0 Å². The Morgan fingerprint density at radius 2 is 1.38 bits per heavy atom. The van der Waals surface area contributed by atoms with Gasteiger partial charge in [0.15, 0.2) is 0 Å². The van der Waals surface area contributed by atoms with Crippen molar-refractivity contribution in [1.82, 2.24) is 0 Å². The van der Waals surface area contributed by atoms with E-state index in [1.807, 2.05) is 0 Å².